The van der Waals surface area contributed by atoms with Gasteiger partial charge in [0, 0.05) is 10.9 Å². The molecule has 0 bridgehead atoms. The van der Waals surface area contributed by atoms with Gasteiger partial charge in [0.15, 0.2) is 0 Å². The zero-order chi connectivity index (χ0) is 41.8. The molecule has 37 heavy (non-hydrogen) atoms. The van der Waals surface area contributed by atoms with Crippen molar-refractivity contribution in [3.63, 3.8) is 0 Å². The van der Waals surface area contributed by atoms with Gasteiger partial charge in [0.05, 0.1) is 27.4 Å². The SMILES string of the molecule is [2H]c1cc2c(c([2H])c1[2H])-c1c([2H])c([2H])c(-c3c4c([2H])c([2H])c([2H])cc4c(-c4c([2H])c([2H])c([2H])c([2H])c4[2H])c4c([2H])c([2H])c([2H])c([2H])c34)c3c([2H])c([2H])c([2H])c(c13)O2. The molecule has 0 saturated carbocycles. The van der Waals surface area contributed by atoms with Crippen LogP contribution in [-0.4, -0.2) is 0 Å². The van der Waals surface area contributed by atoms with E-state index in [9.17, 15) is 8.22 Å². The lowest BCUT2D eigenvalue weighted by molar-refractivity contribution is 0.487. The molecule has 0 saturated heterocycles. The Morgan fingerprint density at radius 3 is 1.92 bits per heavy atom. The van der Waals surface area contributed by atoms with E-state index in [1.54, 1.807) is 0 Å². The molecule has 1 aliphatic rings. The molecule has 1 heterocycles. The van der Waals surface area contributed by atoms with Gasteiger partial charge >= 0.3 is 0 Å². The number of hydrogen-bond acceptors (Lipinski definition) is 1. The van der Waals surface area contributed by atoms with Crippen LogP contribution in [0.4, 0.5) is 0 Å². The number of hydrogen-bond donors (Lipinski definition) is 0. The van der Waals surface area contributed by atoms with Crippen LogP contribution in [-0.2, 0) is 0 Å². The summed E-state index contributed by atoms with van der Waals surface area (Å²) < 4.78 is 182. The first kappa shape index (κ1) is 8.90. The van der Waals surface area contributed by atoms with Crippen LogP contribution in [0.5, 0.6) is 11.5 Å². The molecule has 0 aliphatic carbocycles. The minimum atomic E-state index is -0.846. The van der Waals surface area contributed by atoms with Crippen molar-refractivity contribution in [3.05, 3.63) is 133 Å². The molecule has 8 rings (SSSR count). The first-order chi connectivity index (χ1) is 26.7. The van der Waals surface area contributed by atoms with Crippen molar-refractivity contribution < 1.29 is 32.2 Å². The van der Waals surface area contributed by atoms with Gasteiger partial charge in [-0.2, -0.15) is 0 Å². The largest absolute Gasteiger partial charge is 0.456 e. The van der Waals surface area contributed by atoms with Crippen LogP contribution in [0.15, 0.2) is 133 Å². The highest BCUT2D eigenvalue weighted by Crippen LogP contribution is 2.51. The fraction of sp³-hybridized carbons (Fsp3) is 0. The van der Waals surface area contributed by atoms with Crippen LogP contribution in [0.1, 0.15) is 27.4 Å². The second kappa shape index (κ2) is 7.81. The van der Waals surface area contributed by atoms with Crippen molar-refractivity contribution in [1.82, 2.24) is 0 Å². The first-order valence-corrected chi connectivity index (χ1v) is 11.1. The summed E-state index contributed by atoms with van der Waals surface area (Å²) in [5.74, 6) is -0.656. The van der Waals surface area contributed by atoms with E-state index in [1.807, 2.05) is 0 Å². The van der Waals surface area contributed by atoms with Gasteiger partial charge in [-0.3, -0.25) is 0 Å². The zero-order valence-electron chi connectivity index (χ0n) is 38.6. The Kier molecular flexibility index (Phi) is 1.88. The van der Waals surface area contributed by atoms with Crippen LogP contribution in [0.2, 0.25) is 0 Å². The van der Waals surface area contributed by atoms with E-state index >= 15 is 0 Å². The van der Waals surface area contributed by atoms with Gasteiger partial charge in [-0.05, 0) is 66.9 Å². The summed E-state index contributed by atoms with van der Waals surface area (Å²) in [4.78, 5) is 0. The summed E-state index contributed by atoms with van der Waals surface area (Å²) in [6.45, 7) is 0. The van der Waals surface area contributed by atoms with Crippen molar-refractivity contribution in [1.29, 1.82) is 0 Å². The monoisotopic (exact) mass is 490 g/mol. The second-order valence-electron chi connectivity index (χ2n) is 8.16. The van der Waals surface area contributed by atoms with Crippen molar-refractivity contribution in [2.45, 2.75) is 0 Å². The molecule has 0 spiro atoms. The molecular weight excluding hydrogens is 448 g/mol. The van der Waals surface area contributed by atoms with Gasteiger partial charge in [0.1, 0.15) is 11.5 Å². The smallest absolute Gasteiger partial charge is 0.135 e. The summed E-state index contributed by atoms with van der Waals surface area (Å²) in [7, 11) is 0. The molecule has 0 N–H and O–H groups in total. The minimum Gasteiger partial charge on any atom is -0.456 e. The molecule has 0 fully saturated rings. The fourth-order valence-corrected chi connectivity index (χ4v) is 4.80. The van der Waals surface area contributed by atoms with Gasteiger partial charge in [0.25, 0.3) is 0 Å². The van der Waals surface area contributed by atoms with E-state index in [0.29, 0.717) is 0 Å². The van der Waals surface area contributed by atoms with Crippen molar-refractivity contribution in [2.75, 3.05) is 0 Å². The van der Waals surface area contributed by atoms with Gasteiger partial charge in [-0.25, -0.2) is 0 Å². The topological polar surface area (TPSA) is 9.23 Å². The summed E-state index contributed by atoms with van der Waals surface area (Å²) in [5, 5.41) is -2.40. The molecule has 1 aliphatic heterocycles. The maximum atomic E-state index is 9.55. The molecule has 172 valence electrons. The zero-order valence-corrected chi connectivity index (χ0v) is 18.6. The molecule has 0 amide bonds. The van der Waals surface area contributed by atoms with E-state index in [1.165, 1.54) is 0 Å². The molecular formula is C36H22O. The average molecular weight is 491 g/mol. The van der Waals surface area contributed by atoms with Crippen LogP contribution in [0.25, 0.3) is 65.7 Å². The third kappa shape index (κ3) is 2.92. The second-order valence-corrected chi connectivity index (χ2v) is 8.16. The molecule has 0 unspecified atom stereocenters. The minimum absolute atomic E-state index is 0.225. The molecule has 0 radical (unpaired) electrons. The Morgan fingerprint density at radius 2 is 1.05 bits per heavy atom. The van der Waals surface area contributed by atoms with Crippen molar-refractivity contribution in [3.8, 4) is 44.9 Å². The molecule has 7 aromatic rings. The summed E-state index contributed by atoms with van der Waals surface area (Å²) in [5.41, 5.74) is -2.42. The van der Waals surface area contributed by atoms with E-state index in [2.05, 4.69) is 0 Å². The van der Waals surface area contributed by atoms with Crippen LogP contribution < -0.4 is 4.74 Å². The van der Waals surface area contributed by atoms with Crippen molar-refractivity contribution in [2.24, 2.45) is 0 Å². The van der Waals surface area contributed by atoms with E-state index < -0.39 is 170 Å². The molecule has 1 heteroatoms. The Morgan fingerprint density at radius 1 is 0.405 bits per heavy atom. The van der Waals surface area contributed by atoms with E-state index in [-0.39, 0.29) is 27.6 Å². The standard InChI is InChI=1S/C36H22O/c1-2-11-23(12-3-1)34-25-14-4-6-16-27(25)35(28-17-7-5-15-26(28)34)31-22-21-30-24-13-8-9-19-32(24)37-33-20-10-18-29(31)36(30)33/h1-22H/i1D,2D,3D,4D,5D,6D,7D,8D,9D,10D,11D,12D,13D,14D,16D,17D,18D,20D,21D,22D. The molecule has 7 aromatic carbocycles. The number of para-hydroxylation sites is 1. The van der Waals surface area contributed by atoms with E-state index in [0.717, 1.165) is 12.1 Å². The van der Waals surface area contributed by atoms with E-state index in [4.69, 9.17) is 23.9 Å². The van der Waals surface area contributed by atoms with Crippen LogP contribution in [0.3, 0.4) is 0 Å². The number of rotatable bonds is 2. The van der Waals surface area contributed by atoms with Crippen molar-refractivity contribution >= 4 is 32.3 Å². The lowest BCUT2D eigenvalue weighted by Crippen LogP contribution is -1.98. The summed E-state index contributed by atoms with van der Waals surface area (Å²) in [6.07, 6.45) is 0. The van der Waals surface area contributed by atoms with Gasteiger partial charge in [-0.1, -0.05) is 121 Å². The highest BCUT2D eigenvalue weighted by molar-refractivity contribution is 6.24. The summed E-state index contributed by atoms with van der Waals surface area (Å²) >= 11 is 0. The maximum absolute atomic E-state index is 9.55. The van der Waals surface area contributed by atoms with Gasteiger partial charge < -0.3 is 4.74 Å². The third-order valence-electron chi connectivity index (χ3n) is 6.28. The molecule has 0 aromatic heterocycles. The van der Waals surface area contributed by atoms with Crippen LogP contribution in [0, 0.1) is 0 Å². The van der Waals surface area contributed by atoms with Gasteiger partial charge in [-0.15, -0.1) is 0 Å². The quantitative estimate of drug-likeness (QED) is 0.219. The number of fused-ring (bicyclic) bond motifs is 4. The normalized spacial score (nSPS) is 19.6. The average Bonchev–Trinajstić information content (AvgIpc) is 3.18. The summed E-state index contributed by atoms with van der Waals surface area (Å²) in [6, 6.07) is -12.5. The molecule has 1 nitrogen and oxygen atoms in total. The highest BCUT2D eigenvalue weighted by Gasteiger charge is 2.23. The Bertz CT molecular complexity index is 3070. The van der Waals surface area contributed by atoms with Gasteiger partial charge in [0.2, 0.25) is 0 Å². The highest BCUT2D eigenvalue weighted by atomic mass is 16.5. The third-order valence-corrected chi connectivity index (χ3v) is 6.28. The van der Waals surface area contributed by atoms with Crippen LogP contribution >= 0.6 is 0 Å². The lowest BCUT2D eigenvalue weighted by atomic mass is 9.83. The predicted molar refractivity (Wildman–Crippen MR) is 155 cm³/mol. The number of benzene rings is 7. The molecule has 0 atom stereocenters. The maximum Gasteiger partial charge on any atom is 0.135 e. The first-order valence-electron chi connectivity index (χ1n) is 21.1. The fourth-order valence-electron chi connectivity index (χ4n) is 4.80. The predicted octanol–water partition coefficient (Wildman–Crippen LogP) is 10.3. The Labute approximate surface area is 243 Å². The lowest BCUT2D eigenvalue weighted by Gasteiger charge is -2.24. The Balaban J connectivity index is 1.76. The Hall–Kier alpha value is -4.88. The number of ether oxygens (including phenoxy) is 1.